The molecule has 1 N–H and O–H groups in total. The van der Waals surface area contributed by atoms with Crippen molar-refractivity contribution >= 4 is 10.0 Å². The molecule has 0 aliphatic heterocycles. The van der Waals surface area contributed by atoms with E-state index >= 15 is 0 Å². The summed E-state index contributed by atoms with van der Waals surface area (Å²) in [5.74, 6) is 0. The molecule has 5 nitrogen and oxygen atoms in total. The average Bonchev–Trinajstić information content (AvgIpc) is 2.35. The van der Waals surface area contributed by atoms with E-state index in [2.05, 4.69) is 4.98 Å². The van der Waals surface area contributed by atoms with Crippen LogP contribution in [0.2, 0.25) is 0 Å². The van der Waals surface area contributed by atoms with Gasteiger partial charge in [0.15, 0.2) is 5.03 Å². The van der Waals surface area contributed by atoms with E-state index in [0.717, 1.165) is 19.3 Å². The SMILES string of the molecule is CN(CCC(F)(F)F)S(=O)(=O)c1ccc(CO)cn1. The van der Waals surface area contributed by atoms with Gasteiger partial charge in [-0.25, -0.2) is 13.4 Å². The quantitative estimate of drug-likeness (QED) is 0.885. The van der Waals surface area contributed by atoms with Gasteiger partial charge in [-0.2, -0.15) is 17.5 Å². The Kier molecular flexibility index (Phi) is 4.88. The number of aliphatic hydroxyl groups excluding tert-OH is 1. The fraction of sp³-hybridized carbons (Fsp3) is 0.500. The molecule has 0 amide bonds. The summed E-state index contributed by atoms with van der Waals surface area (Å²) in [5, 5.41) is 8.44. The summed E-state index contributed by atoms with van der Waals surface area (Å²) >= 11 is 0. The minimum atomic E-state index is -4.42. The molecule has 0 atom stereocenters. The van der Waals surface area contributed by atoms with E-state index in [0.29, 0.717) is 9.87 Å². The average molecular weight is 298 g/mol. The van der Waals surface area contributed by atoms with Crippen molar-refractivity contribution in [2.75, 3.05) is 13.6 Å². The minimum absolute atomic E-state index is 0.294. The van der Waals surface area contributed by atoms with E-state index in [1.807, 2.05) is 0 Å². The Labute approximate surface area is 108 Å². The summed E-state index contributed by atoms with van der Waals surface area (Å²) in [6.07, 6.45) is -4.49. The van der Waals surface area contributed by atoms with Gasteiger partial charge < -0.3 is 5.11 Å². The molecule has 1 heterocycles. The zero-order valence-corrected chi connectivity index (χ0v) is 10.9. The first-order chi connectivity index (χ1) is 8.66. The summed E-state index contributed by atoms with van der Waals surface area (Å²) in [7, 11) is -2.99. The fourth-order valence-corrected chi connectivity index (χ4v) is 2.30. The molecular weight excluding hydrogens is 285 g/mol. The van der Waals surface area contributed by atoms with Crippen molar-refractivity contribution in [3.05, 3.63) is 23.9 Å². The summed E-state index contributed by atoms with van der Waals surface area (Å²) in [6, 6.07) is 2.49. The van der Waals surface area contributed by atoms with Gasteiger partial charge in [0.25, 0.3) is 10.0 Å². The smallest absolute Gasteiger partial charge is 0.390 e. The van der Waals surface area contributed by atoms with Crippen LogP contribution in [0.15, 0.2) is 23.4 Å². The molecule has 1 aromatic rings. The topological polar surface area (TPSA) is 70.5 Å². The van der Waals surface area contributed by atoms with Gasteiger partial charge in [-0.05, 0) is 11.6 Å². The first-order valence-corrected chi connectivity index (χ1v) is 6.69. The number of alkyl halides is 3. The van der Waals surface area contributed by atoms with Crippen molar-refractivity contribution in [3.8, 4) is 0 Å². The number of nitrogens with zero attached hydrogens (tertiary/aromatic N) is 2. The number of pyridine rings is 1. The van der Waals surface area contributed by atoms with Crippen LogP contribution in [0.4, 0.5) is 13.2 Å². The standard InChI is InChI=1S/C10H13F3N2O3S/c1-15(5-4-10(11,12)13)19(17,18)9-3-2-8(7-16)6-14-9/h2-3,6,16H,4-5,7H2,1H3. The number of hydrogen-bond acceptors (Lipinski definition) is 4. The van der Waals surface area contributed by atoms with Gasteiger partial charge in [0, 0.05) is 19.8 Å². The van der Waals surface area contributed by atoms with Crippen LogP contribution in [0.25, 0.3) is 0 Å². The van der Waals surface area contributed by atoms with E-state index in [4.69, 9.17) is 5.11 Å². The van der Waals surface area contributed by atoms with Gasteiger partial charge >= 0.3 is 6.18 Å². The maximum Gasteiger partial charge on any atom is 0.390 e. The molecule has 1 aromatic heterocycles. The first kappa shape index (κ1) is 15.9. The van der Waals surface area contributed by atoms with Crippen molar-refractivity contribution in [1.82, 2.24) is 9.29 Å². The van der Waals surface area contributed by atoms with Gasteiger partial charge in [0.05, 0.1) is 13.0 Å². The van der Waals surface area contributed by atoms with Crippen LogP contribution in [0, 0.1) is 0 Å². The molecule has 0 spiro atoms. The van der Waals surface area contributed by atoms with Gasteiger partial charge in [-0.3, -0.25) is 0 Å². The number of aromatic nitrogens is 1. The molecule has 9 heteroatoms. The maximum absolute atomic E-state index is 12.0. The Morgan fingerprint density at radius 3 is 2.42 bits per heavy atom. The van der Waals surface area contributed by atoms with Crippen molar-refractivity contribution in [2.24, 2.45) is 0 Å². The predicted octanol–water partition coefficient (Wildman–Crippen LogP) is 1.15. The van der Waals surface area contributed by atoms with Crippen molar-refractivity contribution in [1.29, 1.82) is 0 Å². The van der Waals surface area contributed by atoms with E-state index in [1.54, 1.807) is 0 Å². The Morgan fingerprint density at radius 2 is 2.00 bits per heavy atom. The Hall–Kier alpha value is -1.19. The molecule has 0 aromatic carbocycles. The zero-order chi connectivity index (χ0) is 14.7. The molecule has 0 fully saturated rings. The number of aliphatic hydroxyl groups is 1. The second-order valence-corrected chi connectivity index (χ2v) is 5.85. The third-order valence-corrected chi connectivity index (χ3v) is 4.14. The molecule has 0 aliphatic rings. The highest BCUT2D eigenvalue weighted by atomic mass is 32.2. The third kappa shape index (κ3) is 4.44. The van der Waals surface area contributed by atoms with E-state index in [-0.39, 0.29) is 11.6 Å². The number of rotatable bonds is 5. The molecule has 0 saturated carbocycles. The molecule has 0 bridgehead atoms. The Bertz CT molecular complexity index is 514. The lowest BCUT2D eigenvalue weighted by atomic mass is 10.3. The molecule has 0 unspecified atom stereocenters. The lowest BCUT2D eigenvalue weighted by molar-refractivity contribution is -0.135. The molecule has 0 radical (unpaired) electrons. The van der Waals surface area contributed by atoms with Crippen molar-refractivity contribution in [2.45, 2.75) is 24.2 Å². The number of hydrogen-bond donors (Lipinski definition) is 1. The van der Waals surface area contributed by atoms with Crippen molar-refractivity contribution in [3.63, 3.8) is 0 Å². The van der Waals surface area contributed by atoms with E-state index < -0.39 is 29.2 Å². The molecule has 0 aliphatic carbocycles. The molecular formula is C10H13F3N2O3S. The largest absolute Gasteiger partial charge is 0.392 e. The second-order valence-electron chi connectivity index (χ2n) is 3.85. The fourth-order valence-electron chi connectivity index (χ4n) is 1.22. The lowest BCUT2D eigenvalue weighted by Gasteiger charge is -2.17. The van der Waals surface area contributed by atoms with Gasteiger partial charge in [0.2, 0.25) is 0 Å². The maximum atomic E-state index is 12.0. The highest BCUT2D eigenvalue weighted by molar-refractivity contribution is 7.89. The van der Waals surface area contributed by atoms with Crippen LogP contribution in [-0.2, 0) is 16.6 Å². The highest BCUT2D eigenvalue weighted by Gasteiger charge is 2.30. The van der Waals surface area contributed by atoms with Crippen LogP contribution in [0.3, 0.4) is 0 Å². The van der Waals surface area contributed by atoms with Gasteiger partial charge in [-0.15, -0.1) is 0 Å². The van der Waals surface area contributed by atoms with Crippen LogP contribution in [0.1, 0.15) is 12.0 Å². The predicted molar refractivity (Wildman–Crippen MR) is 60.6 cm³/mol. The first-order valence-electron chi connectivity index (χ1n) is 5.25. The monoisotopic (exact) mass is 298 g/mol. The van der Waals surface area contributed by atoms with Gasteiger partial charge in [0.1, 0.15) is 0 Å². The van der Waals surface area contributed by atoms with Crippen molar-refractivity contribution < 1.29 is 26.7 Å². The molecule has 19 heavy (non-hydrogen) atoms. The summed E-state index contributed by atoms with van der Waals surface area (Å²) in [5.41, 5.74) is 0.414. The summed E-state index contributed by atoms with van der Waals surface area (Å²) in [6.45, 7) is -0.966. The van der Waals surface area contributed by atoms with E-state index in [1.165, 1.54) is 6.07 Å². The molecule has 1 rings (SSSR count). The Balaban J connectivity index is 2.84. The molecule has 108 valence electrons. The minimum Gasteiger partial charge on any atom is -0.392 e. The summed E-state index contributed by atoms with van der Waals surface area (Å²) in [4.78, 5) is 3.62. The van der Waals surface area contributed by atoms with Crippen LogP contribution < -0.4 is 0 Å². The van der Waals surface area contributed by atoms with Crippen LogP contribution >= 0.6 is 0 Å². The van der Waals surface area contributed by atoms with Crippen LogP contribution in [-0.4, -0.2) is 42.6 Å². The summed E-state index contributed by atoms with van der Waals surface area (Å²) < 4.78 is 60.5. The third-order valence-electron chi connectivity index (χ3n) is 2.36. The second kappa shape index (κ2) is 5.85. The number of sulfonamides is 1. The normalized spacial score (nSPS) is 12.9. The Morgan fingerprint density at radius 1 is 1.37 bits per heavy atom. The molecule has 0 saturated heterocycles. The van der Waals surface area contributed by atoms with E-state index in [9.17, 15) is 21.6 Å². The van der Waals surface area contributed by atoms with Crippen LogP contribution in [0.5, 0.6) is 0 Å². The lowest BCUT2D eigenvalue weighted by Crippen LogP contribution is -2.31. The highest BCUT2D eigenvalue weighted by Crippen LogP contribution is 2.21. The van der Waals surface area contributed by atoms with Gasteiger partial charge in [-0.1, -0.05) is 6.07 Å². The number of halogens is 3. The zero-order valence-electron chi connectivity index (χ0n) is 10.1.